The lowest BCUT2D eigenvalue weighted by Crippen LogP contribution is -2.62. The minimum Gasteiger partial charge on any atom is -0.466 e. The number of methoxy groups -OCH3 is 2. The normalized spacial score (nSPS) is 35.8. The molecule has 3 fully saturated rings. The Hall–Kier alpha value is -4.23. The zero-order chi connectivity index (χ0) is 47.6. The van der Waals surface area contributed by atoms with Crippen LogP contribution in [0.25, 0.3) is 0 Å². The van der Waals surface area contributed by atoms with Crippen LogP contribution in [0.15, 0.2) is 59.8 Å². The number of hydrogen-bond donors (Lipinski definition) is 4. The lowest BCUT2D eigenvalue weighted by atomic mass is 9.70. The standard InChI is InChI=1S/C47H68O17/c1-10-11-12-13-14-15-39(51)62-43-31(22-41(53)58-9)21-34-25-37(28(2)48)61-42(54)24-32(50)23-35-26-38(59-29(3)49)45(6,7)46(55,63-35)27-36-19-30(20-40(52)57-8)18-33(60-36)16-17-44(4,5)47(43,56)64-34/h12-17,20,22,28,32-38,43,48,50,55-56H,10-11,18-19,21,23-27H2,1-9H3/b13-12+,15-14+,17-16+,30-20+,31-22+/t28-,32-,33+,34?,35-,36+,37-,38+,43+,46+,47-/m1/s1. The van der Waals surface area contributed by atoms with Gasteiger partial charge in [-0.2, -0.15) is 0 Å². The van der Waals surface area contributed by atoms with Gasteiger partial charge in [-0.25, -0.2) is 14.4 Å². The Bertz CT molecular complexity index is 1830. The van der Waals surface area contributed by atoms with Crippen molar-refractivity contribution in [3.63, 3.8) is 0 Å². The van der Waals surface area contributed by atoms with E-state index in [2.05, 4.69) is 0 Å². The summed E-state index contributed by atoms with van der Waals surface area (Å²) in [7, 11) is 2.40. The summed E-state index contributed by atoms with van der Waals surface area (Å²) >= 11 is 0. The van der Waals surface area contributed by atoms with Crippen LogP contribution in [-0.4, -0.2) is 131 Å². The number of allylic oxidation sites excluding steroid dienone is 3. The lowest BCUT2D eigenvalue weighted by Gasteiger charge is -2.53. The summed E-state index contributed by atoms with van der Waals surface area (Å²) in [5, 5.41) is 47.5. The quantitative estimate of drug-likeness (QED) is 0.0830. The van der Waals surface area contributed by atoms with Crippen molar-refractivity contribution in [3.05, 3.63) is 59.8 Å². The molecule has 0 aliphatic carbocycles. The summed E-state index contributed by atoms with van der Waals surface area (Å²) in [5.41, 5.74) is -2.06. The molecule has 11 atom stereocenters. The van der Waals surface area contributed by atoms with Crippen LogP contribution in [0.3, 0.4) is 0 Å². The van der Waals surface area contributed by atoms with Gasteiger partial charge in [0.1, 0.15) is 12.2 Å². The van der Waals surface area contributed by atoms with Gasteiger partial charge in [0.15, 0.2) is 11.9 Å². The number of ether oxygens (including phenoxy) is 8. The molecule has 0 aromatic rings. The molecule has 1 unspecified atom stereocenters. The first-order chi connectivity index (χ1) is 29.9. The second-order valence-corrected chi connectivity index (χ2v) is 18.3. The zero-order valence-corrected chi connectivity index (χ0v) is 38.5. The van der Waals surface area contributed by atoms with Crippen molar-refractivity contribution >= 4 is 29.8 Å². The van der Waals surface area contributed by atoms with E-state index in [0.29, 0.717) is 5.57 Å². The average Bonchev–Trinajstić information content (AvgIpc) is 3.19. The third-order valence-corrected chi connectivity index (χ3v) is 12.4. The Labute approximate surface area is 375 Å². The molecule has 4 N–H and O–H groups in total. The van der Waals surface area contributed by atoms with Crippen LogP contribution in [-0.2, 0) is 61.9 Å². The fourth-order valence-corrected chi connectivity index (χ4v) is 8.57. The van der Waals surface area contributed by atoms with E-state index in [0.717, 1.165) is 32.1 Å². The number of aliphatic hydroxyl groups is 4. The molecule has 0 aromatic heterocycles. The second-order valence-electron chi connectivity index (χ2n) is 18.3. The molecule has 64 heavy (non-hydrogen) atoms. The van der Waals surface area contributed by atoms with E-state index in [9.17, 15) is 44.4 Å². The molecular weight excluding hydrogens is 836 g/mol. The van der Waals surface area contributed by atoms with Gasteiger partial charge in [0.25, 0.3) is 0 Å². The van der Waals surface area contributed by atoms with Gasteiger partial charge in [-0.3, -0.25) is 9.59 Å². The topological polar surface area (TPSA) is 240 Å². The predicted octanol–water partition coefficient (Wildman–Crippen LogP) is 4.28. The monoisotopic (exact) mass is 904 g/mol. The van der Waals surface area contributed by atoms with Crippen LogP contribution in [0.1, 0.15) is 113 Å². The molecule has 3 saturated heterocycles. The highest BCUT2D eigenvalue weighted by Crippen LogP contribution is 2.50. The van der Waals surface area contributed by atoms with Gasteiger partial charge in [0.2, 0.25) is 5.79 Å². The van der Waals surface area contributed by atoms with Crippen molar-refractivity contribution in [1.82, 2.24) is 0 Å². The average molecular weight is 905 g/mol. The molecule has 4 rings (SSSR count). The van der Waals surface area contributed by atoms with Gasteiger partial charge >= 0.3 is 29.8 Å². The zero-order valence-electron chi connectivity index (χ0n) is 38.5. The summed E-state index contributed by atoms with van der Waals surface area (Å²) in [6, 6.07) is 0. The lowest BCUT2D eigenvalue weighted by molar-refractivity contribution is -0.348. The molecule has 0 spiro atoms. The molecule has 0 amide bonds. The number of carbonyl (C=O) groups is 5. The van der Waals surface area contributed by atoms with Crippen molar-refractivity contribution in [2.24, 2.45) is 10.8 Å². The summed E-state index contributed by atoms with van der Waals surface area (Å²) in [6.07, 6.45) is 2.55. The molecule has 0 aromatic carbocycles. The van der Waals surface area contributed by atoms with Gasteiger partial charge in [-0.15, -0.1) is 0 Å². The molecule has 4 aliphatic heterocycles. The first kappa shape index (κ1) is 52.4. The fourth-order valence-electron chi connectivity index (χ4n) is 8.57. The molecule has 4 aliphatic rings. The van der Waals surface area contributed by atoms with Crippen LogP contribution in [0.2, 0.25) is 0 Å². The van der Waals surface area contributed by atoms with Crippen LogP contribution in [0.5, 0.6) is 0 Å². The minimum atomic E-state index is -2.47. The number of cyclic esters (lactones) is 1. The Balaban J connectivity index is 1.89. The maximum atomic E-state index is 13.4. The minimum absolute atomic E-state index is 0.0721. The number of hydrogen-bond acceptors (Lipinski definition) is 17. The fraction of sp³-hybridized carbons (Fsp3) is 0.681. The molecule has 0 saturated carbocycles. The molecular formula is C47H68O17. The Kier molecular flexibility index (Phi) is 18.3. The van der Waals surface area contributed by atoms with E-state index in [1.54, 1.807) is 45.9 Å². The van der Waals surface area contributed by atoms with Crippen molar-refractivity contribution in [2.45, 2.75) is 179 Å². The van der Waals surface area contributed by atoms with Crippen molar-refractivity contribution < 1.29 is 82.3 Å². The maximum absolute atomic E-state index is 13.4. The predicted molar refractivity (Wildman–Crippen MR) is 228 cm³/mol. The molecule has 17 heteroatoms. The van der Waals surface area contributed by atoms with Crippen LogP contribution >= 0.6 is 0 Å². The van der Waals surface area contributed by atoms with Crippen LogP contribution < -0.4 is 0 Å². The SMILES string of the molecule is CCC/C=C/C=C/C(=O)O[C@H]1/C(=C/C(=O)OC)CC2C[C@H]([C@@H](C)O)OC(=O)C[C@H](O)C[C@@H]3C[C@H](OC(C)=O)C(C)(C)[C@](O)(C[C@@H]4C/C(=C/C(=O)OC)C[C@H](/C=C/C(C)(C)[C@]1(O)O2)O4)O3. The number of carbonyl (C=O) groups excluding carboxylic acids is 5. The van der Waals surface area contributed by atoms with E-state index in [1.165, 1.54) is 33.1 Å². The third kappa shape index (κ3) is 13.4. The molecule has 4 heterocycles. The molecule has 0 radical (unpaired) electrons. The largest absolute Gasteiger partial charge is 0.466 e. The molecule has 17 nitrogen and oxygen atoms in total. The number of aliphatic hydroxyl groups excluding tert-OH is 2. The third-order valence-electron chi connectivity index (χ3n) is 12.4. The maximum Gasteiger partial charge on any atom is 0.331 e. The van der Waals surface area contributed by atoms with Gasteiger partial charge in [0, 0.05) is 56.3 Å². The Morgan fingerprint density at radius 3 is 2.20 bits per heavy atom. The Morgan fingerprint density at radius 1 is 0.875 bits per heavy atom. The van der Waals surface area contributed by atoms with E-state index in [1.807, 2.05) is 13.0 Å². The second kappa shape index (κ2) is 22.3. The summed E-state index contributed by atoms with van der Waals surface area (Å²) in [6.45, 7) is 11.2. The van der Waals surface area contributed by atoms with Gasteiger partial charge in [-0.1, -0.05) is 77.0 Å². The van der Waals surface area contributed by atoms with E-state index >= 15 is 0 Å². The van der Waals surface area contributed by atoms with Gasteiger partial charge in [-0.05, 0) is 38.2 Å². The summed E-state index contributed by atoms with van der Waals surface area (Å²) in [4.78, 5) is 64.7. The molecule has 358 valence electrons. The van der Waals surface area contributed by atoms with Crippen molar-refractivity contribution in [2.75, 3.05) is 14.2 Å². The highest BCUT2D eigenvalue weighted by molar-refractivity contribution is 5.85. The smallest absolute Gasteiger partial charge is 0.331 e. The van der Waals surface area contributed by atoms with Gasteiger partial charge < -0.3 is 58.3 Å². The summed E-state index contributed by atoms with van der Waals surface area (Å²) < 4.78 is 46.7. The highest BCUT2D eigenvalue weighted by atomic mass is 16.7. The number of unbranched alkanes of at least 4 members (excludes halogenated alkanes) is 1. The van der Waals surface area contributed by atoms with E-state index < -0.39 is 114 Å². The van der Waals surface area contributed by atoms with Crippen molar-refractivity contribution in [1.29, 1.82) is 0 Å². The number of rotatable bonds is 9. The molecule has 6 bridgehead atoms. The van der Waals surface area contributed by atoms with E-state index in [-0.39, 0.29) is 50.5 Å². The number of esters is 5. The Morgan fingerprint density at radius 2 is 1.56 bits per heavy atom. The van der Waals surface area contributed by atoms with E-state index in [4.69, 9.17) is 37.9 Å². The van der Waals surface area contributed by atoms with Crippen molar-refractivity contribution in [3.8, 4) is 0 Å². The highest BCUT2D eigenvalue weighted by Gasteiger charge is 2.59. The number of fused-ring (bicyclic) bond motifs is 6. The summed E-state index contributed by atoms with van der Waals surface area (Å²) in [5.74, 6) is -8.31. The van der Waals surface area contributed by atoms with Crippen LogP contribution in [0.4, 0.5) is 0 Å². The first-order valence-electron chi connectivity index (χ1n) is 21.9. The van der Waals surface area contributed by atoms with Gasteiger partial charge in [0.05, 0.1) is 62.7 Å². The van der Waals surface area contributed by atoms with Crippen LogP contribution in [0, 0.1) is 10.8 Å². The first-order valence-corrected chi connectivity index (χ1v) is 21.9.